The van der Waals surface area contributed by atoms with Crippen molar-refractivity contribution in [1.82, 2.24) is 4.98 Å². The van der Waals surface area contributed by atoms with E-state index in [-0.39, 0.29) is 0 Å². The van der Waals surface area contributed by atoms with Gasteiger partial charge in [0.05, 0.1) is 0 Å². The van der Waals surface area contributed by atoms with Crippen LogP contribution in [0.1, 0.15) is 38.4 Å². The molecular weight excluding hydrogens is 210 g/mol. The molecule has 0 saturated heterocycles. The van der Waals surface area contributed by atoms with Gasteiger partial charge < -0.3 is 10.6 Å². The maximum atomic E-state index is 5.74. The quantitative estimate of drug-likeness (QED) is 0.824. The number of nitrogens with two attached hydrogens (primary N) is 1. The highest BCUT2D eigenvalue weighted by atomic mass is 15.2. The van der Waals surface area contributed by atoms with E-state index in [0.29, 0.717) is 12.5 Å². The molecule has 1 rings (SSSR count). The van der Waals surface area contributed by atoms with Crippen molar-refractivity contribution in [2.24, 2.45) is 11.7 Å². The summed E-state index contributed by atoms with van der Waals surface area (Å²) in [6.07, 6.45) is 2.14. The normalized spacial score (nSPS) is 10.9. The van der Waals surface area contributed by atoms with Crippen LogP contribution in [0.25, 0.3) is 0 Å². The van der Waals surface area contributed by atoms with Gasteiger partial charge in [0.25, 0.3) is 0 Å². The molecule has 96 valence electrons. The molecule has 0 atom stereocenters. The van der Waals surface area contributed by atoms with Crippen LogP contribution in [0.2, 0.25) is 0 Å². The predicted octanol–water partition coefficient (Wildman–Crippen LogP) is 2.59. The Morgan fingerprint density at radius 2 is 2.06 bits per heavy atom. The number of nitrogens with zero attached hydrogens (tertiary/aromatic N) is 2. The summed E-state index contributed by atoms with van der Waals surface area (Å²) < 4.78 is 0. The summed E-state index contributed by atoms with van der Waals surface area (Å²) in [7, 11) is 2.10. The van der Waals surface area contributed by atoms with Gasteiger partial charge >= 0.3 is 0 Å². The maximum Gasteiger partial charge on any atom is 0.128 e. The van der Waals surface area contributed by atoms with Crippen LogP contribution < -0.4 is 10.6 Å². The van der Waals surface area contributed by atoms with Crippen LogP contribution in [-0.2, 0) is 13.0 Å². The third-order valence-corrected chi connectivity index (χ3v) is 2.70. The van der Waals surface area contributed by atoms with Gasteiger partial charge in [0.2, 0.25) is 0 Å². The fourth-order valence-corrected chi connectivity index (χ4v) is 1.97. The van der Waals surface area contributed by atoms with Crippen LogP contribution in [0.3, 0.4) is 0 Å². The fraction of sp³-hybridized carbons (Fsp3) is 0.643. The van der Waals surface area contributed by atoms with Gasteiger partial charge in [-0.25, -0.2) is 4.98 Å². The van der Waals surface area contributed by atoms with Crippen molar-refractivity contribution in [3.63, 3.8) is 0 Å². The first kappa shape index (κ1) is 14.0. The SMILES string of the molecule is CCCc1cc(CN)cc(N(C)CC(C)C)n1. The first-order chi connectivity index (χ1) is 8.06. The largest absolute Gasteiger partial charge is 0.359 e. The molecule has 0 fully saturated rings. The van der Waals surface area contributed by atoms with Crippen molar-refractivity contribution in [3.8, 4) is 0 Å². The Hall–Kier alpha value is -1.09. The smallest absolute Gasteiger partial charge is 0.128 e. The summed E-state index contributed by atoms with van der Waals surface area (Å²) in [5.74, 6) is 1.68. The molecule has 17 heavy (non-hydrogen) atoms. The second-order valence-electron chi connectivity index (χ2n) is 5.05. The Morgan fingerprint density at radius 1 is 1.35 bits per heavy atom. The number of aryl methyl sites for hydroxylation is 1. The maximum absolute atomic E-state index is 5.74. The molecule has 0 aliphatic carbocycles. The minimum atomic E-state index is 0.585. The Labute approximate surface area is 105 Å². The zero-order valence-corrected chi connectivity index (χ0v) is 11.5. The van der Waals surface area contributed by atoms with Crippen LogP contribution in [0.4, 0.5) is 5.82 Å². The topological polar surface area (TPSA) is 42.1 Å². The lowest BCUT2D eigenvalue weighted by atomic mass is 10.1. The van der Waals surface area contributed by atoms with E-state index in [2.05, 4.69) is 44.9 Å². The molecule has 1 heterocycles. The molecule has 0 aliphatic rings. The van der Waals surface area contributed by atoms with Crippen LogP contribution in [0.15, 0.2) is 12.1 Å². The van der Waals surface area contributed by atoms with Crippen LogP contribution in [-0.4, -0.2) is 18.6 Å². The van der Waals surface area contributed by atoms with E-state index in [1.807, 2.05) is 0 Å². The summed E-state index contributed by atoms with van der Waals surface area (Å²) in [6, 6.07) is 4.22. The molecule has 0 saturated carbocycles. The van der Waals surface area contributed by atoms with Gasteiger partial charge in [-0.15, -0.1) is 0 Å². The number of hydrogen-bond acceptors (Lipinski definition) is 3. The number of anilines is 1. The Balaban J connectivity index is 2.93. The lowest BCUT2D eigenvalue weighted by molar-refractivity contribution is 0.633. The summed E-state index contributed by atoms with van der Waals surface area (Å²) in [4.78, 5) is 6.91. The average Bonchev–Trinajstić information content (AvgIpc) is 2.28. The van der Waals surface area contributed by atoms with Crippen molar-refractivity contribution in [2.75, 3.05) is 18.5 Å². The molecule has 0 amide bonds. The van der Waals surface area contributed by atoms with Gasteiger partial charge in [-0.1, -0.05) is 27.2 Å². The van der Waals surface area contributed by atoms with Crippen molar-refractivity contribution in [2.45, 2.75) is 40.2 Å². The molecule has 2 N–H and O–H groups in total. The molecule has 3 nitrogen and oxygen atoms in total. The van der Waals surface area contributed by atoms with E-state index in [0.717, 1.165) is 30.9 Å². The zero-order valence-electron chi connectivity index (χ0n) is 11.5. The predicted molar refractivity (Wildman–Crippen MR) is 74.2 cm³/mol. The molecule has 3 heteroatoms. The lowest BCUT2D eigenvalue weighted by Crippen LogP contribution is -2.24. The first-order valence-electron chi connectivity index (χ1n) is 6.47. The Morgan fingerprint density at radius 3 is 2.59 bits per heavy atom. The van der Waals surface area contributed by atoms with Crippen molar-refractivity contribution >= 4 is 5.82 Å². The van der Waals surface area contributed by atoms with Gasteiger partial charge in [-0.2, -0.15) is 0 Å². The van der Waals surface area contributed by atoms with Gasteiger partial charge in [-0.3, -0.25) is 0 Å². The van der Waals surface area contributed by atoms with Crippen LogP contribution >= 0.6 is 0 Å². The minimum absolute atomic E-state index is 0.585. The molecule has 0 radical (unpaired) electrons. The van der Waals surface area contributed by atoms with Gasteiger partial charge in [0.1, 0.15) is 5.82 Å². The fourth-order valence-electron chi connectivity index (χ4n) is 1.97. The number of aromatic nitrogens is 1. The monoisotopic (exact) mass is 235 g/mol. The summed E-state index contributed by atoms with van der Waals surface area (Å²) in [5, 5.41) is 0. The molecule has 0 aliphatic heterocycles. The highest BCUT2D eigenvalue weighted by molar-refractivity contribution is 5.42. The second kappa shape index (κ2) is 6.60. The van der Waals surface area contributed by atoms with Crippen LogP contribution in [0.5, 0.6) is 0 Å². The third-order valence-electron chi connectivity index (χ3n) is 2.70. The van der Waals surface area contributed by atoms with Crippen molar-refractivity contribution in [3.05, 3.63) is 23.4 Å². The number of pyridine rings is 1. The number of hydrogen-bond donors (Lipinski definition) is 1. The molecule has 1 aromatic rings. The molecule has 0 spiro atoms. The lowest BCUT2D eigenvalue weighted by Gasteiger charge is -2.21. The highest BCUT2D eigenvalue weighted by Crippen LogP contribution is 2.16. The van der Waals surface area contributed by atoms with Gasteiger partial charge in [0.15, 0.2) is 0 Å². The molecule has 0 bridgehead atoms. The van der Waals surface area contributed by atoms with E-state index in [9.17, 15) is 0 Å². The van der Waals surface area contributed by atoms with Gasteiger partial charge in [0, 0.05) is 25.8 Å². The van der Waals surface area contributed by atoms with E-state index in [1.54, 1.807) is 0 Å². The molecule has 0 unspecified atom stereocenters. The van der Waals surface area contributed by atoms with Gasteiger partial charge in [-0.05, 0) is 30.0 Å². The van der Waals surface area contributed by atoms with E-state index >= 15 is 0 Å². The molecule has 0 aromatic carbocycles. The standard InChI is InChI=1S/C14H25N3/c1-5-6-13-7-12(9-15)8-14(16-13)17(4)10-11(2)3/h7-8,11H,5-6,9-10,15H2,1-4H3. The van der Waals surface area contributed by atoms with E-state index < -0.39 is 0 Å². The summed E-state index contributed by atoms with van der Waals surface area (Å²) in [6.45, 7) is 8.22. The minimum Gasteiger partial charge on any atom is -0.359 e. The van der Waals surface area contributed by atoms with E-state index in [4.69, 9.17) is 10.7 Å². The Kier molecular flexibility index (Phi) is 5.42. The summed E-state index contributed by atoms with van der Waals surface area (Å²) in [5.41, 5.74) is 8.07. The summed E-state index contributed by atoms with van der Waals surface area (Å²) >= 11 is 0. The highest BCUT2D eigenvalue weighted by Gasteiger charge is 2.07. The zero-order chi connectivity index (χ0) is 12.8. The number of rotatable bonds is 6. The third kappa shape index (κ3) is 4.35. The second-order valence-corrected chi connectivity index (χ2v) is 5.05. The molecular formula is C14H25N3. The van der Waals surface area contributed by atoms with Crippen molar-refractivity contribution in [1.29, 1.82) is 0 Å². The first-order valence-corrected chi connectivity index (χ1v) is 6.47. The molecule has 1 aromatic heterocycles. The van der Waals surface area contributed by atoms with E-state index in [1.165, 1.54) is 5.56 Å². The van der Waals surface area contributed by atoms with Crippen molar-refractivity contribution < 1.29 is 0 Å². The average molecular weight is 235 g/mol. The van der Waals surface area contributed by atoms with Crippen LogP contribution in [0, 0.1) is 5.92 Å². The Bertz CT molecular complexity index is 347.